The molecule has 3 rings (SSSR count). The Balaban J connectivity index is 2.12. The molecular weight excluding hydrogens is 222 g/mol. The lowest BCUT2D eigenvalue weighted by molar-refractivity contribution is 0.476. The van der Waals surface area contributed by atoms with Crippen LogP contribution in [0.15, 0.2) is 30.3 Å². The number of nitrogens with zero attached hydrogens (tertiary/aromatic N) is 2. The lowest BCUT2D eigenvalue weighted by Crippen LogP contribution is -2.28. The summed E-state index contributed by atoms with van der Waals surface area (Å²) < 4.78 is 2.00. The number of aromatic nitrogens is 2. The molecule has 0 fully saturated rings. The van der Waals surface area contributed by atoms with Crippen LogP contribution in [0.3, 0.4) is 0 Å². The van der Waals surface area contributed by atoms with Gasteiger partial charge in [0.1, 0.15) is 5.69 Å². The second-order valence-electron chi connectivity index (χ2n) is 3.88. The number of hydrogen-bond acceptors (Lipinski definition) is 2. The Morgan fingerprint density at radius 3 is 2.81 bits per heavy atom. The van der Waals surface area contributed by atoms with Crippen molar-refractivity contribution in [2.75, 3.05) is 6.54 Å². The van der Waals surface area contributed by atoms with Gasteiger partial charge in [-0.15, -0.1) is 0 Å². The van der Waals surface area contributed by atoms with Crippen molar-refractivity contribution in [1.82, 2.24) is 15.1 Å². The summed E-state index contributed by atoms with van der Waals surface area (Å²) in [6.45, 7) is 2.65. The monoisotopic (exact) mass is 233 g/mol. The summed E-state index contributed by atoms with van der Waals surface area (Å²) >= 11 is 6.35. The summed E-state index contributed by atoms with van der Waals surface area (Å²) in [6, 6.07) is 10.1. The van der Waals surface area contributed by atoms with Gasteiger partial charge in [0.05, 0.1) is 17.3 Å². The molecule has 1 aliphatic rings. The van der Waals surface area contributed by atoms with Gasteiger partial charge in [-0.05, 0) is 0 Å². The fraction of sp³-hybridized carbons (Fsp3) is 0.250. The van der Waals surface area contributed by atoms with Crippen molar-refractivity contribution in [1.29, 1.82) is 0 Å². The maximum atomic E-state index is 6.35. The predicted molar refractivity (Wildman–Crippen MR) is 64.4 cm³/mol. The summed E-state index contributed by atoms with van der Waals surface area (Å²) in [6.07, 6.45) is 0. The highest BCUT2D eigenvalue weighted by molar-refractivity contribution is 6.33. The largest absolute Gasteiger partial charge is 0.309 e. The third-order valence-electron chi connectivity index (χ3n) is 2.83. The van der Waals surface area contributed by atoms with Gasteiger partial charge in [-0.3, -0.25) is 4.68 Å². The van der Waals surface area contributed by atoms with Gasteiger partial charge in [-0.2, -0.15) is 5.10 Å². The van der Waals surface area contributed by atoms with Gasteiger partial charge < -0.3 is 5.32 Å². The van der Waals surface area contributed by atoms with Crippen LogP contribution in [0.25, 0.3) is 11.3 Å². The fourth-order valence-corrected chi connectivity index (χ4v) is 2.31. The van der Waals surface area contributed by atoms with Crippen molar-refractivity contribution >= 4 is 11.6 Å². The van der Waals surface area contributed by atoms with Crippen LogP contribution >= 0.6 is 11.6 Å². The molecule has 3 nitrogen and oxygen atoms in total. The lowest BCUT2D eigenvalue weighted by atomic mass is 10.1. The zero-order valence-electron chi connectivity index (χ0n) is 8.78. The first-order valence-corrected chi connectivity index (χ1v) is 5.75. The number of benzene rings is 1. The van der Waals surface area contributed by atoms with Crippen LogP contribution < -0.4 is 5.32 Å². The molecule has 2 aromatic rings. The van der Waals surface area contributed by atoms with Crippen LogP contribution in [-0.4, -0.2) is 16.3 Å². The van der Waals surface area contributed by atoms with E-state index in [-0.39, 0.29) is 0 Å². The third kappa shape index (κ3) is 1.52. The first kappa shape index (κ1) is 9.87. The average molecular weight is 234 g/mol. The Hall–Kier alpha value is -1.32. The zero-order valence-corrected chi connectivity index (χ0v) is 9.54. The van der Waals surface area contributed by atoms with E-state index in [4.69, 9.17) is 11.6 Å². The lowest BCUT2D eigenvalue weighted by Gasteiger charge is -2.14. The molecule has 0 saturated heterocycles. The van der Waals surface area contributed by atoms with E-state index in [0.29, 0.717) is 0 Å². The van der Waals surface area contributed by atoms with Crippen LogP contribution in [0, 0.1) is 0 Å². The van der Waals surface area contributed by atoms with Crippen molar-refractivity contribution in [2.24, 2.45) is 0 Å². The summed E-state index contributed by atoms with van der Waals surface area (Å²) in [5.74, 6) is 0. The smallest absolute Gasteiger partial charge is 0.111 e. The molecule has 2 heterocycles. The van der Waals surface area contributed by atoms with E-state index < -0.39 is 0 Å². The Kier molecular flexibility index (Phi) is 2.42. The molecule has 1 aromatic heterocycles. The zero-order chi connectivity index (χ0) is 11.0. The first-order valence-electron chi connectivity index (χ1n) is 5.37. The molecule has 16 heavy (non-hydrogen) atoms. The van der Waals surface area contributed by atoms with Crippen LogP contribution in [0.5, 0.6) is 0 Å². The highest BCUT2D eigenvalue weighted by Crippen LogP contribution is 2.30. The molecule has 0 bridgehead atoms. The second kappa shape index (κ2) is 3.92. The van der Waals surface area contributed by atoms with Gasteiger partial charge >= 0.3 is 0 Å². The highest BCUT2D eigenvalue weighted by Gasteiger charge is 2.19. The standard InChI is InChI=1S/C12H12ClN3/c13-11-10-8-14-6-7-16(10)15-12(11)9-4-2-1-3-5-9/h1-5,14H,6-8H2. The molecule has 0 saturated carbocycles. The summed E-state index contributed by atoms with van der Waals surface area (Å²) in [7, 11) is 0. The van der Waals surface area contributed by atoms with E-state index in [9.17, 15) is 0 Å². The van der Waals surface area contributed by atoms with Crippen molar-refractivity contribution in [3.05, 3.63) is 41.0 Å². The summed E-state index contributed by atoms with van der Waals surface area (Å²) in [5.41, 5.74) is 3.06. The maximum Gasteiger partial charge on any atom is 0.111 e. The molecular formula is C12H12ClN3. The van der Waals surface area contributed by atoms with E-state index in [1.54, 1.807) is 0 Å². The number of nitrogens with one attached hydrogen (secondary N) is 1. The molecule has 1 N–H and O–H groups in total. The molecule has 0 aliphatic carbocycles. The minimum Gasteiger partial charge on any atom is -0.309 e. The van der Waals surface area contributed by atoms with E-state index in [1.807, 2.05) is 35.0 Å². The number of hydrogen-bond donors (Lipinski definition) is 1. The fourth-order valence-electron chi connectivity index (χ4n) is 2.00. The minimum atomic E-state index is 0.776. The molecule has 0 unspecified atom stereocenters. The van der Waals surface area contributed by atoms with Gasteiger partial charge in [0.25, 0.3) is 0 Å². The second-order valence-corrected chi connectivity index (χ2v) is 4.25. The van der Waals surface area contributed by atoms with E-state index >= 15 is 0 Å². The predicted octanol–water partition coefficient (Wildman–Crippen LogP) is 2.31. The van der Waals surface area contributed by atoms with E-state index in [1.165, 1.54) is 0 Å². The number of rotatable bonds is 1. The summed E-state index contributed by atoms with van der Waals surface area (Å²) in [5, 5.41) is 8.64. The Morgan fingerprint density at radius 2 is 2.06 bits per heavy atom. The normalized spacial score (nSPS) is 14.8. The Bertz CT molecular complexity index is 504. The van der Waals surface area contributed by atoms with Gasteiger partial charge in [0, 0.05) is 18.7 Å². The SMILES string of the molecule is Clc1c(-c2ccccc2)nn2c1CNCC2. The topological polar surface area (TPSA) is 29.9 Å². The van der Waals surface area contributed by atoms with Crippen LogP contribution in [0.4, 0.5) is 0 Å². The van der Waals surface area contributed by atoms with Crippen molar-refractivity contribution in [3.8, 4) is 11.3 Å². The van der Waals surface area contributed by atoms with Crippen molar-refractivity contribution in [3.63, 3.8) is 0 Å². The first-order chi connectivity index (χ1) is 7.86. The van der Waals surface area contributed by atoms with Gasteiger partial charge in [-0.1, -0.05) is 41.9 Å². The maximum absolute atomic E-state index is 6.35. The molecule has 1 aromatic carbocycles. The Labute approximate surface area is 99.0 Å². The molecule has 4 heteroatoms. The van der Waals surface area contributed by atoms with Gasteiger partial charge in [0.2, 0.25) is 0 Å². The van der Waals surface area contributed by atoms with Crippen LogP contribution in [0.2, 0.25) is 5.02 Å². The molecule has 0 atom stereocenters. The Morgan fingerprint density at radius 1 is 1.25 bits per heavy atom. The third-order valence-corrected chi connectivity index (χ3v) is 3.23. The highest BCUT2D eigenvalue weighted by atomic mass is 35.5. The van der Waals surface area contributed by atoms with E-state index in [0.717, 1.165) is 41.6 Å². The molecule has 0 radical (unpaired) electrons. The molecule has 82 valence electrons. The molecule has 0 amide bonds. The van der Waals surface area contributed by atoms with Crippen molar-refractivity contribution < 1.29 is 0 Å². The van der Waals surface area contributed by atoms with Gasteiger partial charge in [0.15, 0.2) is 0 Å². The average Bonchev–Trinajstić information content (AvgIpc) is 2.69. The summed E-state index contributed by atoms with van der Waals surface area (Å²) in [4.78, 5) is 0. The minimum absolute atomic E-state index is 0.776. The molecule has 1 aliphatic heterocycles. The molecule has 0 spiro atoms. The number of halogens is 1. The number of fused-ring (bicyclic) bond motifs is 1. The van der Waals surface area contributed by atoms with Crippen molar-refractivity contribution in [2.45, 2.75) is 13.1 Å². The quantitative estimate of drug-likeness (QED) is 0.819. The van der Waals surface area contributed by atoms with Gasteiger partial charge in [-0.25, -0.2) is 0 Å². The van der Waals surface area contributed by atoms with E-state index in [2.05, 4.69) is 10.4 Å². The van der Waals surface area contributed by atoms with Crippen LogP contribution in [0.1, 0.15) is 5.69 Å². The van der Waals surface area contributed by atoms with Crippen LogP contribution in [-0.2, 0) is 13.1 Å².